The molecular formula is C17H21N3O5. The highest BCUT2D eigenvalue weighted by atomic mass is 16.6. The Morgan fingerprint density at radius 3 is 2.36 bits per heavy atom. The van der Waals surface area contributed by atoms with E-state index in [1.165, 1.54) is 12.1 Å². The molecule has 3 N–H and O–H groups in total. The van der Waals surface area contributed by atoms with Crippen molar-refractivity contribution in [3.05, 3.63) is 29.8 Å². The Hall–Kier alpha value is -2.90. The molecule has 1 saturated heterocycles. The summed E-state index contributed by atoms with van der Waals surface area (Å²) in [6.45, 7) is 5.28. The first-order chi connectivity index (χ1) is 11.6. The fourth-order valence-electron chi connectivity index (χ4n) is 2.20. The minimum atomic E-state index is -0.732. The van der Waals surface area contributed by atoms with Gasteiger partial charge in [-0.05, 0) is 51.5 Å². The summed E-state index contributed by atoms with van der Waals surface area (Å²) in [7, 11) is 0. The van der Waals surface area contributed by atoms with Crippen molar-refractivity contribution in [2.75, 3.05) is 5.32 Å². The lowest BCUT2D eigenvalue weighted by molar-refractivity contribution is -0.134. The SMILES string of the molecule is CC(C)(C)OC(=O)Nc1ccc(C(=O)NC2CCC(=O)NC2=O)cc1. The van der Waals surface area contributed by atoms with Gasteiger partial charge in [0.05, 0.1) is 0 Å². The fourth-order valence-corrected chi connectivity index (χ4v) is 2.20. The van der Waals surface area contributed by atoms with Crippen LogP contribution in [0.3, 0.4) is 0 Å². The van der Waals surface area contributed by atoms with Crippen LogP contribution >= 0.6 is 0 Å². The summed E-state index contributed by atoms with van der Waals surface area (Å²) in [5, 5.41) is 7.33. The van der Waals surface area contributed by atoms with E-state index in [4.69, 9.17) is 4.74 Å². The summed E-state index contributed by atoms with van der Waals surface area (Å²) in [6, 6.07) is 5.43. The molecule has 134 valence electrons. The summed E-state index contributed by atoms with van der Waals surface area (Å²) in [6.07, 6.45) is -0.127. The minimum absolute atomic E-state index is 0.190. The van der Waals surface area contributed by atoms with Crippen molar-refractivity contribution in [3.8, 4) is 0 Å². The molecule has 0 bridgehead atoms. The molecule has 1 aliphatic rings. The average Bonchev–Trinajstić information content (AvgIpc) is 2.48. The number of imide groups is 1. The Morgan fingerprint density at radius 1 is 1.16 bits per heavy atom. The first kappa shape index (κ1) is 18.4. The Kier molecular flexibility index (Phi) is 5.41. The maximum Gasteiger partial charge on any atom is 0.412 e. The molecule has 1 atom stereocenters. The highest BCUT2D eigenvalue weighted by Gasteiger charge is 2.28. The number of piperidine rings is 1. The molecule has 0 aliphatic carbocycles. The summed E-state index contributed by atoms with van der Waals surface area (Å²) in [4.78, 5) is 46.6. The van der Waals surface area contributed by atoms with Gasteiger partial charge in [-0.15, -0.1) is 0 Å². The van der Waals surface area contributed by atoms with Crippen LogP contribution in [0, 0.1) is 0 Å². The maximum atomic E-state index is 12.2. The number of carbonyl (C=O) groups excluding carboxylic acids is 4. The Morgan fingerprint density at radius 2 is 1.80 bits per heavy atom. The molecule has 2 rings (SSSR count). The van der Waals surface area contributed by atoms with Crippen molar-refractivity contribution in [3.63, 3.8) is 0 Å². The van der Waals surface area contributed by atoms with Gasteiger partial charge in [-0.3, -0.25) is 25.0 Å². The van der Waals surface area contributed by atoms with Gasteiger partial charge in [0.25, 0.3) is 5.91 Å². The number of anilines is 1. The monoisotopic (exact) mass is 347 g/mol. The summed E-state index contributed by atoms with van der Waals surface area (Å²) in [5.74, 6) is -1.28. The van der Waals surface area contributed by atoms with Crippen LogP contribution < -0.4 is 16.0 Å². The van der Waals surface area contributed by atoms with Gasteiger partial charge in [0.15, 0.2) is 0 Å². The van der Waals surface area contributed by atoms with E-state index in [0.29, 0.717) is 11.3 Å². The maximum absolute atomic E-state index is 12.2. The van der Waals surface area contributed by atoms with Crippen molar-refractivity contribution < 1.29 is 23.9 Å². The number of amides is 4. The third-order valence-corrected chi connectivity index (χ3v) is 3.34. The number of benzene rings is 1. The van der Waals surface area contributed by atoms with Crippen molar-refractivity contribution in [1.29, 1.82) is 0 Å². The van der Waals surface area contributed by atoms with Gasteiger partial charge in [0.2, 0.25) is 11.8 Å². The van der Waals surface area contributed by atoms with Crippen LogP contribution in [0.15, 0.2) is 24.3 Å². The highest BCUT2D eigenvalue weighted by Crippen LogP contribution is 2.13. The first-order valence-electron chi connectivity index (χ1n) is 7.89. The third kappa shape index (κ3) is 5.59. The molecule has 25 heavy (non-hydrogen) atoms. The standard InChI is InChI=1S/C17H21N3O5/c1-17(2,3)25-16(24)18-11-6-4-10(5-7-11)14(22)19-12-8-9-13(21)20-15(12)23/h4-7,12H,8-9H2,1-3H3,(H,18,24)(H,19,22)(H,20,21,23). The lowest BCUT2D eigenvalue weighted by Crippen LogP contribution is -2.52. The topological polar surface area (TPSA) is 114 Å². The quantitative estimate of drug-likeness (QED) is 0.718. The molecule has 1 heterocycles. The van der Waals surface area contributed by atoms with E-state index in [1.54, 1.807) is 32.9 Å². The van der Waals surface area contributed by atoms with Gasteiger partial charge in [-0.1, -0.05) is 0 Å². The molecular weight excluding hydrogens is 326 g/mol. The predicted octanol–water partition coefficient (Wildman–Crippen LogP) is 1.57. The largest absolute Gasteiger partial charge is 0.444 e. The van der Waals surface area contributed by atoms with Crippen LogP contribution in [-0.4, -0.2) is 35.5 Å². The van der Waals surface area contributed by atoms with E-state index in [1.807, 2.05) is 0 Å². The Labute approximate surface area is 145 Å². The van der Waals surface area contributed by atoms with Crippen molar-refractivity contribution in [2.24, 2.45) is 0 Å². The summed E-state index contributed by atoms with van der Waals surface area (Å²) < 4.78 is 5.14. The fraction of sp³-hybridized carbons (Fsp3) is 0.412. The Balaban J connectivity index is 1.93. The van der Waals surface area contributed by atoms with Crippen LogP contribution in [0.25, 0.3) is 0 Å². The zero-order valence-corrected chi connectivity index (χ0v) is 14.3. The second-order valence-electron chi connectivity index (χ2n) is 6.68. The smallest absolute Gasteiger partial charge is 0.412 e. The number of hydrogen-bond donors (Lipinski definition) is 3. The molecule has 0 aromatic heterocycles. The van der Waals surface area contributed by atoms with Gasteiger partial charge in [0.1, 0.15) is 11.6 Å². The van der Waals surface area contributed by atoms with Crippen LogP contribution in [0.1, 0.15) is 44.0 Å². The van der Waals surface area contributed by atoms with Gasteiger partial charge < -0.3 is 10.1 Å². The second kappa shape index (κ2) is 7.33. The molecule has 1 unspecified atom stereocenters. The second-order valence-corrected chi connectivity index (χ2v) is 6.68. The molecule has 1 fully saturated rings. The lowest BCUT2D eigenvalue weighted by Gasteiger charge is -2.22. The number of ether oxygens (including phenoxy) is 1. The van der Waals surface area contributed by atoms with E-state index in [-0.39, 0.29) is 18.7 Å². The van der Waals surface area contributed by atoms with Crippen LogP contribution in [-0.2, 0) is 14.3 Å². The molecule has 4 amide bonds. The summed E-state index contributed by atoms with van der Waals surface area (Å²) in [5.41, 5.74) is 0.206. The predicted molar refractivity (Wildman–Crippen MR) is 89.9 cm³/mol. The molecule has 0 saturated carbocycles. The number of hydrogen-bond acceptors (Lipinski definition) is 5. The molecule has 1 aromatic rings. The van der Waals surface area contributed by atoms with E-state index < -0.39 is 29.6 Å². The van der Waals surface area contributed by atoms with Gasteiger partial charge in [-0.25, -0.2) is 4.79 Å². The average molecular weight is 347 g/mol. The molecule has 0 spiro atoms. The van der Waals surface area contributed by atoms with Crippen molar-refractivity contribution in [2.45, 2.75) is 45.3 Å². The lowest BCUT2D eigenvalue weighted by atomic mass is 10.1. The first-order valence-corrected chi connectivity index (χ1v) is 7.89. The molecule has 8 nitrogen and oxygen atoms in total. The highest BCUT2D eigenvalue weighted by molar-refractivity contribution is 6.03. The Bertz CT molecular complexity index is 691. The zero-order chi connectivity index (χ0) is 18.6. The van der Waals surface area contributed by atoms with Gasteiger partial charge in [-0.2, -0.15) is 0 Å². The number of carbonyl (C=O) groups is 4. The van der Waals surface area contributed by atoms with E-state index in [9.17, 15) is 19.2 Å². The van der Waals surface area contributed by atoms with Crippen LogP contribution in [0.4, 0.5) is 10.5 Å². The third-order valence-electron chi connectivity index (χ3n) is 3.34. The summed E-state index contributed by atoms with van der Waals surface area (Å²) >= 11 is 0. The molecule has 8 heteroatoms. The molecule has 1 aromatic carbocycles. The van der Waals surface area contributed by atoms with Crippen LogP contribution in [0.2, 0.25) is 0 Å². The number of nitrogens with one attached hydrogen (secondary N) is 3. The normalized spacial score (nSPS) is 17.5. The van der Waals surface area contributed by atoms with Crippen molar-refractivity contribution in [1.82, 2.24) is 10.6 Å². The van der Waals surface area contributed by atoms with E-state index in [0.717, 1.165) is 0 Å². The molecule has 0 radical (unpaired) electrons. The van der Waals surface area contributed by atoms with E-state index >= 15 is 0 Å². The van der Waals surface area contributed by atoms with E-state index in [2.05, 4.69) is 16.0 Å². The van der Waals surface area contributed by atoms with Crippen LogP contribution in [0.5, 0.6) is 0 Å². The van der Waals surface area contributed by atoms with Gasteiger partial charge in [0, 0.05) is 17.7 Å². The minimum Gasteiger partial charge on any atom is -0.444 e. The van der Waals surface area contributed by atoms with Crippen molar-refractivity contribution >= 4 is 29.5 Å². The zero-order valence-electron chi connectivity index (χ0n) is 14.3. The number of rotatable bonds is 3. The molecule has 1 aliphatic heterocycles. The van der Waals surface area contributed by atoms with Gasteiger partial charge >= 0.3 is 6.09 Å².